The summed E-state index contributed by atoms with van der Waals surface area (Å²) in [7, 11) is 0. The Morgan fingerprint density at radius 3 is 2.83 bits per heavy atom. The minimum absolute atomic E-state index is 0.266. The van der Waals surface area contributed by atoms with E-state index in [1.54, 1.807) is 6.07 Å². The lowest BCUT2D eigenvalue weighted by atomic mass is 10.2. The summed E-state index contributed by atoms with van der Waals surface area (Å²) in [6.45, 7) is 6.21. The summed E-state index contributed by atoms with van der Waals surface area (Å²) in [5, 5.41) is 0. The lowest BCUT2D eigenvalue weighted by molar-refractivity contribution is 0.0920. The molecule has 1 aliphatic rings. The molecule has 1 heterocycles. The lowest BCUT2D eigenvalue weighted by Crippen LogP contribution is -2.32. The van der Waals surface area contributed by atoms with Gasteiger partial charge in [0.2, 0.25) is 0 Å². The van der Waals surface area contributed by atoms with E-state index in [2.05, 4.69) is 24.2 Å². The summed E-state index contributed by atoms with van der Waals surface area (Å²) in [5.74, 6) is 6.59. The normalized spacial score (nSPS) is 15.4. The third kappa shape index (κ3) is 3.34. The van der Waals surface area contributed by atoms with Crippen molar-refractivity contribution in [1.29, 1.82) is 0 Å². The van der Waals surface area contributed by atoms with Crippen molar-refractivity contribution in [3.8, 4) is 0 Å². The van der Waals surface area contributed by atoms with Crippen molar-refractivity contribution in [2.45, 2.75) is 39.3 Å². The topological polar surface area (TPSA) is 71.5 Å². The van der Waals surface area contributed by atoms with Crippen LogP contribution in [0.5, 0.6) is 0 Å². The van der Waals surface area contributed by atoms with E-state index in [0.717, 1.165) is 24.8 Å². The van der Waals surface area contributed by atoms with Gasteiger partial charge in [0.1, 0.15) is 5.76 Å². The summed E-state index contributed by atoms with van der Waals surface area (Å²) in [5.41, 5.74) is 2.07. The summed E-state index contributed by atoms with van der Waals surface area (Å²) >= 11 is 0. The Morgan fingerprint density at radius 2 is 2.28 bits per heavy atom. The van der Waals surface area contributed by atoms with Crippen molar-refractivity contribution in [2.24, 2.45) is 11.8 Å². The van der Waals surface area contributed by atoms with E-state index >= 15 is 0 Å². The van der Waals surface area contributed by atoms with Crippen LogP contribution in [-0.4, -0.2) is 23.4 Å². The van der Waals surface area contributed by atoms with Crippen LogP contribution in [0.1, 0.15) is 43.0 Å². The molecule has 0 unspecified atom stereocenters. The van der Waals surface area contributed by atoms with E-state index in [0.29, 0.717) is 6.04 Å². The average Bonchev–Trinajstić information content (AvgIpc) is 3.04. The number of amides is 1. The Balaban J connectivity index is 1.97. The monoisotopic (exact) mass is 251 g/mol. The highest BCUT2D eigenvalue weighted by molar-refractivity contribution is 5.90. The van der Waals surface area contributed by atoms with Gasteiger partial charge in [0, 0.05) is 12.6 Å². The van der Waals surface area contributed by atoms with Gasteiger partial charge in [-0.2, -0.15) is 0 Å². The number of hydrogen-bond donors (Lipinski definition) is 2. The summed E-state index contributed by atoms with van der Waals surface area (Å²) in [6.07, 6.45) is 2.67. The number of furan rings is 1. The number of hydrogen-bond acceptors (Lipinski definition) is 4. The molecular formula is C13H21N3O2. The fourth-order valence-corrected chi connectivity index (χ4v) is 1.95. The third-order valence-electron chi connectivity index (χ3n) is 3.30. The van der Waals surface area contributed by atoms with Gasteiger partial charge in [0.25, 0.3) is 0 Å². The molecule has 5 nitrogen and oxygen atoms in total. The molecule has 100 valence electrons. The summed E-state index contributed by atoms with van der Waals surface area (Å²) in [4.78, 5) is 13.7. The Hall–Kier alpha value is -1.33. The largest absolute Gasteiger partial charge is 0.455 e. The van der Waals surface area contributed by atoms with Crippen molar-refractivity contribution in [2.75, 3.05) is 6.54 Å². The summed E-state index contributed by atoms with van der Waals surface area (Å²) in [6, 6.07) is 3.97. The number of nitrogens with one attached hydrogen (secondary N) is 1. The zero-order valence-electron chi connectivity index (χ0n) is 11.0. The first-order chi connectivity index (χ1) is 8.60. The molecule has 0 aromatic carbocycles. The van der Waals surface area contributed by atoms with Gasteiger partial charge >= 0.3 is 5.91 Å². The number of nitrogen functional groups attached to an aromatic ring is 1. The highest BCUT2D eigenvalue weighted by Gasteiger charge is 2.26. The minimum atomic E-state index is -0.389. The molecule has 18 heavy (non-hydrogen) atoms. The van der Waals surface area contributed by atoms with Crippen LogP contribution in [0, 0.1) is 5.92 Å². The molecule has 3 N–H and O–H groups in total. The molecule has 1 aromatic rings. The molecule has 1 aromatic heterocycles. The number of carbonyl (C=O) groups excluding carboxylic acids is 1. The van der Waals surface area contributed by atoms with Crippen LogP contribution in [-0.2, 0) is 6.54 Å². The molecule has 0 spiro atoms. The second kappa shape index (κ2) is 5.54. The maximum atomic E-state index is 11.3. The quantitative estimate of drug-likeness (QED) is 0.456. The molecular weight excluding hydrogens is 230 g/mol. The number of rotatable bonds is 6. The van der Waals surface area contributed by atoms with E-state index in [1.807, 2.05) is 6.07 Å². The minimum Gasteiger partial charge on any atom is -0.455 e. The van der Waals surface area contributed by atoms with Gasteiger partial charge in [0.05, 0.1) is 6.54 Å². The molecule has 1 saturated carbocycles. The SMILES string of the molecule is CC(C)N(Cc1ccc(C(=O)NN)o1)CC1CC1. The smallest absolute Gasteiger partial charge is 0.300 e. The van der Waals surface area contributed by atoms with Crippen LogP contribution in [0.15, 0.2) is 16.5 Å². The fraction of sp³-hybridized carbons (Fsp3) is 0.615. The van der Waals surface area contributed by atoms with Crippen molar-refractivity contribution in [3.05, 3.63) is 23.7 Å². The van der Waals surface area contributed by atoms with Crippen molar-refractivity contribution in [3.63, 3.8) is 0 Å². The van der Waals surface area contributed by atoms with Gasteiger partial charge in [-0.1, -0.05) is 0 Å². The molecule has 1 fully saturated rings. The first kappa shape index (κ1) is 13.1. The zero-order chi connectivity index (χ0) is 13.1. The molecule has 5 heteroatoms. The van der Waals surface area contributed by atoms with E-state index in [1.165, 1.54) is 12.8 Å². The molecule has 1 amide bonds. The average molecular weight is 251 g/mol. The summed E-state index contributed by atoms with van der Waals surface area (Å²) < 4.78 is 5.49. The Bertz CT molecular complexity index is 410. The molecule has 0 saturated heterocycles. The fourth-order valence-electron chi connectivity index (χ4n) is 1.95. The van der Waals surface area contributed by atoms with E-state index in [9.17, 15) is 4.79 Å². The number of carbonyl (C=O) groups is 1. The van der Waals surface area contributed by atoms with Crippen LogP contribution in [0.25, 0.3) is 0 Å². The molecule has 2 rings (SSSR count). The standard InChI is InChI=1S/C13H21N3O2/c1-9(2)16(7-10-3-4-10)8-11-5-6-12(18-11)13(17)15-14/h5-6,9-10H,3-4,7-8,14H2,1-2H3,(H,15,17). The molecule has 0 radical (unpaired) electrons. The van der Waals surface area contributed by atoms with Gasteiger partial charge in [-0.15, -0.1) is 0 Å². The number of nitrogens with two attached hydrogens (primary N) is 1. The molecule has 1 aliphatic carbocycles. The van der Waals surface area contributed by atoms with Crippen molar-refractivity contribution < 1.29 is 9.21 Å². The van der Waals surface area contributed by atoms with E-state index in [-0.39, 0.29) is 11.7 Å². The van der Waals surface area contributed by atoms with E-state index < -0.39 is 0 Å². The second-order valence-electron chi connectivity index (χ2n) is 5.21. The number of hydrazine groups is 1. The predicted molar refractivity (Wildman–Crippen MR) is 68.6 cm³/mol. The molecule has 0 bridgehead atoms. The molecule has 0 aliphatic heterocycles. The van der Waals surface area contributed by atoms with Gasteiger partial charge in [-0.3, -0.25) is 15.1 Å². The van der Waals surface area contributed by atoms with Crippen LogP contribution in [0.2, 0.25) is 0 Å². The Kier molecular flexibility index (Phi) is 4.04. The number of nitrogens with zero attached hydrogens (tertiary/aromatic N) is 1. The van der Waals surface area contributed by atoms with Gasteiger partial charge in [-0.05, 0) is 44.7 Å². The van der Waals surface area contributed by atoms with Crippen molar-refractivity contribution in [1.82, 2.24) is 10.3 Å². The Morgan fingerprint density at radius 1 is 1.56 bits per heavy atom. The zero-order valence-corrected chi connectivity index (χ0v) is 11.0. The van der Waals surface area contributed by atoms with Crippen LogP contribution < -0.4 is 11.3 Å². The lowest BCUT2D eigenvalue weighted by Gasteiger charge is -2.25. The molecule has 0 atom stereocenters. The van der Waals surface area contributed by atoms with Crippen LogP contribution >= 0.6 is 0 Å². The van der Waals surface area contributed by atoms with Crippen molar-refractivity contribution >= 4 is 5.91 Å². The van der Waals surface area contributed by atoms with Crippen LogP contribution in [0.3, 0.4) is 0 Å². The van der Waals surface area contributed by atoms with Gasteiger partial charge in [-0.25, -0.2) is 5.84 Å². The van der Waals surface area contributed by atoms with Gasteiger partial charge in [0.15, 0.2) is 5.76 Å². The first-order valence-electron chi connectivity index (χ1n) is 6.44. The highest BCUT2D eigenvalue weighted by atomic mass is 16.4. The Labute approximate surface area is 107 Å². The third-order valence-corrected chi connectivity index (χ3v) is 3.30. The van der Waals surface area contributed by atoms with Gasteiger partial charge < -0.3 is 4.42 Å². The maximum Gasteiger partial charge on any atom is 0.300 e. The van der Waals surface area contributed by atoms with Crippen LogP contribution in [0.4, 0.5) is 0 Å². The maximum absolute atomic E-state index is 11.3. The predicted octanol–water partition coefficient (Wildman–Crippen LogP) is 1.50. The van der Waals surface area contributed by atoms with E-state index in [4.69, 9.17) is 10.3 Å². The first-order valence-corrected chi connectivity index (χ1v) is 6.44. The second-order valence-corrected chi connectivity index (χ2v) is 5.21. The highest BCUT2D eigenvalue weighted by Crippen LogP contribution is 2.30.